The fourth-order valence-electron chi connectivity index (χ4n) is 3.12. The number of fused-ring (bicyclic) bond motifs is 2. The number of thioether (sulfide) groups is 2. The summed E-state index contributed by atoms with van der Waals surface area (Å²) in [7, 11) is 4.27. The van der Waals surface area contributed by atoms with E-state index in [1.54, 1.807) is 0 Å². The minimum Gasteiger partial charge on any atom is -0.358 e. The third-order valence-electron chi connectivity index (χ3n) is 4.61. The number of hydrogen-bond acceptors (Lipinski definition) is 4. The Morgan fingerprint density at radius 3 is 2.22 bits per heavy atom. The molecule has 2 aliphatic rings. The van der Waals surface area contributed by atoms with Gasteiger partial charge in [-0.1, -0.05) is 84.2 Å². The van der Waals surface area contributed by atoms with Crippen LogP contribution in [0, 0.1) is 0 Å². The molecule has 2 aromatic rings. The van der Waals surface area contributed by atoms with Crippen molar-refractivity contribution in [2.75, 3.05) is 23.9 Å². The van der Waals surface area contributed by atoms with Crippen molar-refractivity contribution in [3.05, 3.63) is 96.1 Å². The van der Waals surface area contributed by atoms with E-state index < -0.39 is 0 Å². The van der Waals surface area contributed by atoms with Crippen molar-refractivity contribution in [1.29, 1.82) is 0 Å². The number of nitrogens with zero attached hydrogens (tertiary/aromatic N) is 2. The number of hydrogen-bond donors (Lipinski definition) is 0. The van der Waals surface area contributed by atoms with Crippen molar-refractivity contribution >= 4 is 34.9 Å². The fourth-order valence-corrected chi connectivity index (χ4v) is 5.37. The van der Waals surface area contributed by atoms with Crippen molar-refractivity contribution in [2.24, 2.45) is 0 Å². The molecule has 0 saturated heterocycles. The molecule has 2 aliphatic heterocycles. The third kappa shape index (κ3) is 3.87. The van der Waals surface area contributed by atoms with Gasteiger partial charge in [0, 0.05) is 23.9 Å². The molecule has 4 rings (SSSR count). The molecule has 0 aliphatic carbocycles. The number of rotatable bonds is 4. The van der Waals surface area contributed by atoms with Crippen LogP contribution in [0.4, 0.5) is 11.4 Å². The Bertz CT molecular complexity index is 943. The summed E-state index contributed by atoms with van der Waals surface area (Å²) in [6.07, 6.45) is 14.9. The molecular formula is C23H22N2S2. The molecule has 0 amide bonds. The summed E-state index contributed by atoms with van der Waals surface area (Å²) in [5.74, 6) is 0. The molecular weight excluding hydrogens is 368 g/mol. The Balaban J connectivity index is 1.31. The number of para-hydroxylation sites is 2. The molecule has 0 bridgehead atoms. The lowest BCUT2D eigenvalue weighted by Gasteiger charge is -2.17. The number of likely N-dealkylation sites (N-methyl/N-ethyl adjacent to an activating group) is 1. The van der Waals surface area contributed by atoms with Crippen LogP contribution in [-0.2, 0) is 0 Å². The van der Waals surface area contributed by atoms with E-state index in [0.29, 0.717) is 5.37 Å². The van der Waals surface area contributed by atoms with Gasteiger partial charge < -0.3 is 9.80 Å². The van der Waals surface area contributed by atoms with Gasteiger partial charge >= 0.3 is 0 Å². The summed E-state index contributed by atoms with van der Waals surface area (Å²) < 4.78 is 0. The minimum absolute atomic E-state index is 0.361. The van der Waals surface area contributed by atoms with Gasteiger partial charge in [0.15, 0.2) is 0 Å². The van der Waals surface area contributed by atoms with E-state index in [9.17, 15) is 0 Å². The van der Waals surface area contributed by atoms with E-state index in [1.807, 2.05) is 23.5 Å². The lowest BCUT2D eigenvalue weighted by Crippen LogP contribution is -2.21. The lowest BCUT2D eigenvalue weighted by molar-refractivity contribution is 0.990. The second-order valence-corrected chi connectivity index (χ2v) is 8.60. The first kappa shape index (κ1) is 18.1. The van der Waals surface area contributed by atoms with Gasteiger partial charge in [0.1, 0.15) is 0 Å². The van der Waals surface area contributed by atoms with E-state index in [2.05, 4.69) is 115 Å². The maximum atomic E-state index is 2.31. The van der Waals surface area contributed by atoms with E-state index in [-0.39, 0.29) is 0 Å². The third-order valence-corrected chi connectivity index (χ3v) is 7.10. The molecule has 0 aromatic heterocycles. The lowest BCUT2D eigenvalue weighted by atomic mass is 10.3. The molecule has 0 radical (unpaired) electrons. The average molecular weight is 391 g/mol. The van der Waals surface area contributed by atoms with Crippen molar-refractivity contribution < 1.29 is 0 Å². The Hall–Kier alpha value is -2.30. The van der Waals surface area contributed by atoms with Crippen LogP contribution in [0.25, 0.3) is 0 Å². The Labute approximate surface area is 169 Å². The minimum atomic E-state index is 0.361. The van der Waals surface area contributed by atoms with Gasteiger partial charge in [0.2, 0.25) is 0 Å². The van der Waals surface area contributed by atoms with Gasteiger partial charge in [0.05, 0.1) is 21.8 Å². The molecule has 0 saturated carbocycles. The SMILES string of the molecule is CN1\C(=C/C=C/C=C/C=C/C2Sc3ccccc3N2C)Sc2ccccc21. The van der Waals surface area contributed by atoms with Gasteiger partial charge in [-0.05, 0) is 30.3 Å². The van der Waals surface area contributed by atoms with Crippen LogP contribution in [0.1, 0.15) is 0 Å². The summed E-state index contributed by atoms with van der Waals surface area (Å²) in [6.45, 7) is 0. The molecule has 2 nitrogen and oxygen atoms in total. The van der Waals surface area contributed by atoms with E-state index >= 15 is 0 Å². The van der Waals surface area contributed by atoms with Gasteiger partial charge in [-0.3, -0.25) is 0 Å². The zero-order chi connectivity index (χ0) is 18.6. The highest BCUT2D eigenvalue weighted by molar-refractivity contribution is 8.03. The summed E-state index contributed by atoms with van der Waals surface area (Å²) in [5, 5.41) is 1.61. The van der Waals surface area contributed by atoms with Gasteiger partial charge in [-0.25, -0.2) is 0 Å². The summed E-state index contributed by atoms with van der Waals surface area (Å²) in [5.41, 5.74) is 2.59. The highest BCUT2D eigenvalue weighted by atomic mass is 32.2. The number of allylic oxidation sites excluding steroid dienone is 6. The number of benzene rings is 2. The molecule has 0 N–H and O–H groups in total. The topological polar surface area (TPSA) is 6.48 Å². The van der Waals surface area contributed by atoms with Crippen LogP contribution in [0.2, 0.25) is 0 Å². The molecule has 136 valence electrons. The molecule has 0 spiro atoms. The van der Waals surface area contributed by atoms with E-state index in [0.717, 1.165) is 0 Å². The predicted molar refractivity (Wildman–Crippen MR) is 121 cm³/mol. The second kappa shape index (κ2) is 8.15. The summed E-state index contributed by atoms with van der Waals surface area (Å²) >= 11 is 3.71. The van der Waals surface area contributed by atoms with Crippen LogP contribution in [-0.4, -0.2) is 19.5 Å². The van der Waals surface area contributed by atoms with Crippen LogP contribution >= 0.6 is 23.5 Å². The van der Waals surface area contributed by atoms with Crippen LogP contribution in [0.5, 0.6) is 0 Å². The molecule has 27 heavy (non-hydrogen) atoms. The molecule has 1 atom stereocenters. The van der Waals surface area contributed by atoms with E-state index in [1.165, 1.54) is 26.2 Å². The van der Waals surface area contributed by atoms with E-state index in [4.69, 9.17) is 0 Å². The second-order valence-electron chi connectivity index (χ2n) is 6.38. The number of anilines is 2. The van der Waals surface area contributed by atoms with Crippen molar-refractivity contribution in [3.8, 4) is 0 Å². The standard InChI is InChI=1S/C23H22N2S2/c1-24-18-12-8-10-14-20(18)26-22(24)16-6-4-3-5-7-17-23-25(2)19-13-9-11-15-21(19)27-23/h3-17,22H,1-2H3/b4-3+,7-5+,16-6+,23-17+. The van der Waals surface area contributed by atoms with Crippen molar-refractivity contribution in [1.82, 2.24) is 0 Å². The molecule has 2 heterocycles. The Morgan fingerprint density at radius 1 is 0.778 bits per heavy atom. The Kier molecular flexibility index (Phi) is 5.46. The maximum absolute atomic E-state index is 2.31. The van der Waals surface area contributed by atoms with Gasteiger partial charge in [-0.2, -0.15) is 0 Å². The monoisotopic (exact) mass is 390 g/mol. The van der Waals surface area contributed by atoms with Crippen LogP contribution in [0.15, 0.2) is 106 Å². The summed E-state index contributed by atoms with van der Waals surface area (Å²) in [4.78, 5) is 7.22. The maximum Gasteiger partial charge on any atom is 0.0982 e. The van der Waals surface area contributed by atoms with Gasteiger partial charge in [-0.15, -0.1) is 0 Å². The zero-order valence-electron chi connectivity index (χ0n) is 15.4. The largest absolute Gasteiger partial charge is 0.358 e. The molecule has 0 fully saturated rings. The quantitative estimate of drug-likeness (QED) is 0.564. The van der Waals surface area contributed by atoms with Crippen molar-refractivity contribution in [3.63, 3.8) is 0 Å². The normalized spacial score (nSPS) is 20.5. The first-order chi connectivity index (χ1) is 13.2. The first-order valence-corrected chi connectivity index (χ1v) is 10.6. The Morgan fingerprint density at radius 2 is 1.44 bits per heavy atom. The average Bonchev–Trinajstić information content (AvgIpc) is 3.19. The molecule has 4 heteroatoms. The zero-order valence-corrected chi connectivity index (χ0v) is 17.1. The highest BCUT2D eigenvalue weighted by Crippen LogP contribution is 2.44. The summed E-state index contributed by atoms with van der Waals surface area (Å²) in [6, 6.07) is 17.1. The fraction of sp³-hybridized carbons (Fsp3) is 0.130. The van der Waals surface area contributed by atoms with Crippen molar-refractivity contribution in [2.45, 2.75) is 15.2 Å². The first-order valence-electron chi connectivity index (χ1n) is 8.95. The molecule has 2 aromatic carbocycles. The van der Waals surface area contributed by atoms with Crippen LogP contribution < -0.4 is 9.80 Å². The predicted octanol–water partition coefficient (Wildman–Crippen LogP) is 6.31. The highest BCUT2D eigenvalue weighted by Gasteiger charge is 2.24. The smallest absolute Gasteiger partial charge is 0.0982 e. The van der Waals surface area contributed by atoms with Gasteiger partial charge in [0.25, 0.3) is 0 Å². The van der Waals surface area contributed by atoms with Crippen LogP contribution in [0.3, 0.4) is 0 Å². The molecule has 1 unspecified atom stereocenters.